The van der Waals surface area contributed by atoms with Crippen molar-refractivity contribution in [3.63, 3.8) is 0 Å². The zero-order chi connectivity index (χ0) is 24.9. The molecule has 2 aromatic rings. The zero-order valence-corrected chi connectivity index (χ0v) is 21.4. The van der Waals surface area contributed by atoms with Crippen molar-refractivity contribution in [3.05, 3.63) is 63.6 Å². The fourth-order valence-electron chi connectivity index (χ4n) is 4.22. The minimum absolute atomic E-state index is 0.0678. The molecule has 3 N–H and O–H groups in total. The first-order chi connectivity index (χ1) is 16.0. The average Bonchev–Trinajstić information content (AvgIpc) is 2.76. The molecule has 1 heterocycles. The molecule has 184 valence electrons. The van der Waals surface area contributed by atoms with Crippen LogP contribution < -0.4 is 10.6 Å². The molecule has 34 heavy (non-hydrogen) atoms. The Morgan fingerprint density at radius 1 is 1.09 bits per heavy atom. The summed E-state index contributed by atoms with van der Waals surface area (Å²) < 4.78 is 0. The van der Waals surface area contributed by atoms with Crippen molar-refractivity contribution in [2.45, 2.75) is 46.1 Å². The third kappa shape index (κ3) is 7.62. The topological polar surface area (TPSA) is 81.7 Å². The van der Waals surface area contributed by atoms with Gasteiger partial charge in [-0.25, -0.2) is 9.59 Å². The van der Waals surface area contributed by atoms with E-state index in [0.717, 1.165) is 38.9 Å². The van der Waals surface area contributed by atoms with Gasteiger partial charge in [-0.05, 0) is 79.6 Å². The van der Waals surface area contributed by atoms with Gasteiger partial charge in [-0.3, -0.25) is 0 Å². The third-order valence-corrected chi connectivity index (χ3v) is 7.11. The number of urea groups is 1. The second-order valence-corrected chi connectivity index (χ2v) is 10.9. The number of nitrogens with one attached hydrogen (secondary N) is 2. The first-order valence-corrected chi connectivity index (χ1v) is 12.3. The lowest BCUT2D eigenvalue weighted by Crippen LogP contribution is -2.53. The molecule has 0 saturated carbocycles. The number of carbonyl (C=O) groups excluding carboxylic acids is 1. The highest BCUT2D eigenvalue weighted by molar-refractivity contribution is 6.42. The van der Waals surface area contributed by atoms with Gasteiger partial charge in [0.2, 0.25) is 0 Å². The van der Waals surface area contributed by atoms with Crippen molar-refractivity contribution in [1.29, 1.82) is 0 Å². The van der Waals surface area contributed by atoms with Gasteiger partial charge in [0.05, 0.1) is 15.6 Å². The number of hydrogen-bond donors (Lipinski definition) is 3. The van der Waals surface area contributed by atoms with Gasteiger partial charge in [0.1, 0.15) is 0 Å². The fraction of sp³-hybridized carbons (Fsp3) is 0.462. The van der Waals surface area contributed by atoms with Crippen molar-refractivity contribution >= 4 is 40.9 Å². The number of aromatic carboxylic acids is 1. The smallest absolute Gasteiger partial charge is 0.335 e. The molecular formula is C26H33Cl2N3O3. The van der Waals surface area contributed by atoms with Crippen molar-refractivity contribution in [2.24, 2.45) is 11.3 Å². The van der Waals surface area contributed by atoms with E-state index in [2.05, 4.69) is 36.3 Å². The Labute approximate surface area is 211 Å². The van der Waals surface area contributed by atoms with E-state index in [1.165, 1.54) is 17.7 Å². The third-order valence-electron chi connectivity index (χ3n) is 6.37. The summed E-state index contributed by atoms with van der Waals surface area (Å²) in [7, 11) is 0. The minimum Gasteiger partial charge on any atom is -0.478 e. The van der Waals surface area contributed by atoms with E-state index in [0.29, 0.717) is 21.7 Å². The Balaban J connectivity index is 1.53. The second-order valence-electron chi connectivity index (χ2n) is 10.1. The molecule has 6 nitrogen and oxygen atoms in total. The molecule has 0 bridgehead atoms. The van der Waals surface area contributed by atoms with Crippen LogP contribution in [0.4, 0.5) is 10.5 Å². The minimum atomic E-state index is -1.03. The number of benzene rings is 2. The first-order valence-electron chi connectivity index (χ1n) is 11.6. The number of carboxylic acid groups (broad SMARTS) is 1. The Hall–Kier alpha value is -2.28. The number of carbonyl (C=O) groups is 2. The van der Waals surface area contributed by atoms with Crippen LogP contribution in [0, 0.1) is 11.3 Å². The summed E-state index contributed by atoms with van der Waals surface area (Å²) in [6, 6.07) is 11.7. The number of piperidine rings is 1. The van der Waals surface area contributed by atoms with Crippen LogP contribution >= 0.6 is 23.2 Å². The maximum absolute atomic E-state index is 12.7. The van der Waals surface area contributed by atoms with Crippen LogP contribution in [-0.2, 0) is 6.42 Å². The molecule has 1 atom stereocenters. The van der Waals surface area contributed by atoms with Crippen LogP contribution in [0.25, 0.3) is 0 Å². The summed E-state index contributed by atoms with van der Waals surface area (Å²) >= 11 is 12.2. The van der Waals surface area contributed by atoms with Crippen molar-refractivity contribution < 1.29 is 14.7 Å². The van der Waals surface area contributed by atoms with Gasteiger partial charge in [0, 0.05) is 18.3 Å². The normalized spacial score (nSPS) is 16.1. The van der Waals surface area contributed by atoms with Gasteiger partial charge < -0.3 is 20.6 Å². The van der Waals surface area contributed by atoms with Crippen LogP contribution in [-0.4, -0.2) is 47.7 Å². The quantitative estimate of drug-likeness (QED) is 0.419. The number of hydrogen-bond acceptors (Lipinski definition) is 3. The van der Waals surface area contributed by atoms with E-state index >= 15 is 0 Å². The Bertz CT molecular complexity index is 1010. The van der Waals surface area contributed by atoms with Crippen molar-refractivity contribution in [2.75, 3.05) is 25.0 Å². The van der Waals surface area contributed by atoms with Gasteiger partial charge in [0.15, 0.2) is 0 Å². The predicted molar refractivity (Wildman–Crippen MR) is 138 cm³/mol. The molecule has 0 spiro atoms. The van der Waals surface area contributed by atoms with Gasteiger partial charge in [0.25, 0.3) is 0 Å². The van der Waals surface area contributed by atoms with Crippen molar-refractivity contribution in [1.82, 2.24) is 10.2 Å². The lowest BCUT2D eigenvalue weighted by Gasteiger charge is -2.39. The van der Waals surface area contributed by atoms with Crippen LogP contribution in [0.2, 0.25) is 10.0 Å². The summed E-state index contributed by atoms with van der Waals surface area (Å²) in [6.45, 7) is 9.04. The number of carboxylic acids is 1. The molecular weight excluding hydrogens is 473 g/mol. The van der Waals surface area contributed by atoms with Crippen LogP contribution in [0.15, 0.2) is 42.5 Å². The Kier molecular flexibility index (Phi) is 8.85. The van der Waals surface area contributed by atoms with E-state index in [4.69, 9.17) is 28.3 Å². The largest absolute Gasteiger partial charge is 0.478 e. The standard InChI is InChI=1S/C26H33Cl2N3O3/c1-26(2,3)23(30-25(34)29-20-6-4-5-19(15-20)24(32)33)16-31-11-9-17(10-12-31)13-18-7-8-21(27)22(28)14-18/h4-8,14-15,17,23H,9-13,16H2,1-3H3,(H,32,33)(H2,29,30,34)/t23-/m1/s1. The second kappa shape index (κ2) is 11.4. The average molecular weight is 506 g/mol. The molecule has 1 fully saturated rings. The summed E-state index contributed by atoms with van der Waals surface area (Å²) in [5.41, 5.74) is 1.66. The van der Waals surface area contributed by atoms with E-state index in [9.17, 15) is 9.59 Å². The molecule has 3 rings (SSSR count). The fourth-order valence-corrected chi connectivity index (χ4v) is 4.54. The Morgan fingerprint density at radius 3 is 2.41 bits per heavy atom. The van der Waals surface area contributed by atoms with Gasteiger partial charge in [-0.2, -0.15) is 0 Å². The number of rotatable bonds is 7. The lowest BCUT2D eigenvalue weighted by atomic mass is 9.85. The molecule has 0 aromatic heterocycles. The van der Waals surface area contributed by atoms with E-state index in [1.807, 2.05) is 18.2 Å². The number of halogens is 2. The van der Waals surface area contributed by atoms with Crippen LogP contribution in [0.1, 0.15) is 49.5 Å². The monoisotopic (exact) mass is 505 g/mol. The highest BCUT2D eigenvalue weighted by atomic mass is 35.5. The summed E-state index contributed by atoms with van der Waals surface area (Å²) in [6.07, 6.45) is 3.17. The van der Waals surface area contributed by atoms with E-state index < -0.39 is 5.97 Å². The molecule has 1 saturated heterocycles. The van der Waals surface area contributed by atoms with Gasteiger partial charge >= 0.3 is 12.0 Å². The molecule has 2 amide bonds. The highest BCUT2D eigenvalue weighted by Gasteiger charge is 2.30. The number of nitrogens with zero attached hydrogens (tertiary/aromatic N) is 1. The van der Waals surface area contributed by atoms with Crippen LogP contribution in [0.5, 0.6) is 0 Å². The summed E-state index contributed by atoms with van der Waals surface area (Å²) in [4.78, 5) is 26.3. The molecule has 0 aliphatic carbocycles. The maximum atomic E-state index is 12.7. The Morgan fingerprint density at radius 2 is 1.79 bits per heavy atom. The van der Waals surface area contributed by atoms with E-state index in [1.54, 1.807) is 12.1 Å². The molecule has 1 aliphatic rings. The van der Waals surface area contributed by atoms with Crippen molar-refractivity contribution in [3.8, 4) is 0 Å². The number of anilines is 1. The van der Waals surface area contributed by atoms with Gasteiger partial charge in [-0.1, -0.05) is 56.1 Å². The SMILES string of the molecule is CC(C)(C)[C@@H](CN1CCC(Cc2ccc(Cl)c(Cl)c2)CC1)NC(=O)Nc1cccc(C(=O)O)c1. The number of amides is 2. The molecule has 0 radical (unpaired) electrons. The molecule has 1 aliphatic heterocycles. The molecule has 2 aromatic carbocycles. The lowest BCUT2D eigenvalue weighted by molar-refractivity contribution is 0.0697. The maximum Gasteiger partial charge on any atom is 0.335 e. The predicted octanol–water partition coefficient (Wildman–Crippen LogP) is 6.18. The highest BCUT2D eigenvalue weighted by Crippen LogP contribution is 2.28. The number of likely N-dealkylation sites (tertiary alicyclic amines) is 1. The van der Waals surface area contributed by atoms with Crippen LogP contribution in [0.3, 0.4) is 0 Å². The first kappa shape index (κ1) is 26.3. The summed E-state index contributed by atoms with van der Waals surface area (Å²) in [5, 5.41) is 16.2. The van der Waals surface area contributed by atoms with Gasteiger partial charge in [-0.15, -0.1) is 0 Å². The molecule has 0 unspecified atom stereocenters. The zero-order valence-electron chi connectivity index (χ0n) is 19.9. The van der Waals surface area contributed by atoms with E-state index in [-0.39, 0.29) is 23.1 Å². The summed E-state index contributed by atoms with van der Waals surface area (Å²) in [5.74, 6) is -0.432. The molecule has 8 heteroatoms.